The summed E-state index contributed by atoms with van der Waals surface area (Å²) in [5, 5.41) is 3.02. The second kappa shape index (κ2) is 7.52. The van der Waals surface area contributed by atoms with Crippen molar-refractivity contribution in [1.82, 2.24) is 0 Å². The maximum Gasteiger partial charge on any atom is 0.262 e. The van der Waals surface area contributed by atoms with Gasteiger partial charge in [0.25, 0.3) is 5.91 Å². The molecule has 128 valence electrons. The highest BCUT2D eigenvalue weighted by molar-refractivity contribution is 5.93. The Kier molecular flexibility index (Phi) is 5.66. The van der Waals surface area contributed by atoms with Gasteiger partial charge in [0.05, 0.1) is 0 Å². The fourth-order valence-corrected chi connectivity index (χ4v) is 2.80. The lowest BCUT2D eigenvalue weighted by Gasteiger charge is -2.17. The zero-order valence-electron chi connectivity index (χ0n) is 15.5. The molecule has 3 heteroatoms. The number of anilines is 1. The highest BCUT2D eigenvalue weighted by atomic mass is 16.5. The van der Waals surface area contributed by atoms with E-state index in [2.05, 4.69) is 31.3 Å². The van der Waals surface area contributed by atoms with Gasteiger partial charge in [-0.1, -0.05) is 44.2 Å². The van der Waals surface area contributed by atoms with Crippen molar-refractivity contribution in [2.45, 2.75) is 47.5 Å². The van der Waals surface area contributed by atoms with Crippen LogP contribution in [0.3, 0.4) is 0 Å². The van der Waals surface area contributed by atoms with Crippen molar-refractivity contribution in [3.05, 3.63) is 58.1 Å². The number of hydrogen-bond acceptors (Lipinski definition) is 2. The maximum atomic E-state index is 12.4. The summed E-state index contributed by atoms with van der Waals surface area (Å²) in [6.07, 6.45) is 0. The van der Waals surface area contributed by atoms with Crippen LogP contribution in [0.2, 0.25) is 0 Å². The Balaban J connectivity index is 2.12. The van der Waals surface area contributed by atoms with Crippen molar-refractivity contribution in [3.8, 4) is 5.75 Å². The summed E-state index contributed by atoms with van der Waals surface area (Å²) in [7, 11) is 0. The van der Waals surface area contributed by atoms with Gasteiger partial charge < -0.3 is 10.1 Å². The van der Waals surface area contributed by atoms with Crippen LogP contribution in [0.15, 0.2) is 30.3 Å². The summed E-state index contributed by atoms with van der Waals surface area (Å²) in [5.74, 6) is 1.02. The molecule has 0 radical (unpaired) electrons. The highest BCUT2D eigenvalue weighted by Gasteiger charge is 2.14. The van der Waals surface area contributed by atoms with E-state index in [1.807, 2.05) is 45.9 Å². The first-order valence-electron chi connectivity index (χ1n) is 8.40. The Labute approximate surface area is 145 Å². The van der Waals surface area contributed by atoms with E-state index in [9.17, 15) is 4.79 Å². The molecule has 0 fully saturated rings. The number of nitrogens with one attached hydrogen (secondary N) is 1. The summed E-state index contributed by atoms with van der Waals surface area (Å²) < 4.78 is 5.81. The Morgan fingerprint density at radius 3 is 2.33 bits per heavy atom. The third-order valence-corrected chi connectivity index (χ3v) is 4.41. The normalized spacial score (nSPS) is 10.8. The Bertz CT molecular complexity index is 748. The van der Waals surface area contributed by atoms with Gasteiger partial charge in [0.1, 0.15) is 5.75 Å². The third-order valence-electron chi connectivity index (χ3n) is 4.41. The number of para-hydroxylation sites is 1. The van der Waals surface area contributed by atoms with E-state index in [1.54, 1.807) is 0 Å². The number of carbonyl (C=O) groups is 1. The molecular weight excluding hydrogens is 298 g/mol. The van der Waals surface area contributed by atoms with Gasteiger partial charge in [-0.15, -0.1) is 0 Å². The molecule has 0 aliphatic heterocycles. The minimum Gasteiger partial charge on any atom is -0.483 e. The largest absolute Gasteiger partial charge is 0.483 e. The first-order valence-corrected chi connectivity index (χ1v) is 8.40. The van der Waals surface area contributed by atoms with Gasteiger partial charge in [0, 0.05) is 5.69 Å². The standard InChI is InChI=1S/C21H27NO2/c1-13(2)18-9-7-8-15(4)20(18)22-19(23)12-24-21-16(5)11-10-14(3)17(21)6/h7-11,13H,12H2,1-6H3,(H,22,23). The molecule has 0 aliphatic rings. The van der Waals surface area contributed by atoms with E-state index in [1.165, 1.54) is 0 Å². The Hall–Kier alpha value is -2.29. The van der Waals surface area contributed by atoms with Gasteiger partial charge in [-0.2, -0.15) is 0 Å². The molecule has 1 amide bonds. The van der Waals surface area contributed by atoms with Crippen LogP contribution in [0, 0.1) is 27.7 Å². The van der Waals surface area contributed by atoms with Crippen LogP contribution in [-0.2, 0) is 4.79 Å². The Morgan fingerprint density at radius 1 is 1.00 bits per heavy atom. The van der Waals surface area contributed by atoms with E-state index in [4.69, 9.17) is 4.74 Å². The number of ether oxygens (including phenoxy) is 1. The van der Waals surface area contributed by atoms with E-state index in [-0.39, 0.29) is 12.5 Å². The quantitative estimate of drug-likeness (QED) is 0.834. The summed E-state index contributed by atoms with van der Waals surface area (Å²) >= 11 is 0. The van der Waals surface area contributed by atoms with E-state index in [0.717, 1.165) is 39.3 Å². The average molecular weight is 325 g/mol. The fraction of sp³-hybridized carbons (Fsp3) is 0.381. The summed E-state index contributed by atoms with van der Waals surface area (Å²) in [5.41, 5.74) is 6.41. The first kappa shape index (κ1) is 18.1. The lowest BCUT2D eigenvalue weighted by atomic mass is 9.98. The Morgan fingerprint density at radius 2 is 1.67 bits per heavy atom. The smallest absolute Gasteiger partial charge is 0.262 e. The molecule has 2 aromatic carbocycles. The van der Waals surface area contributed by atoms with Crippen molar-refractivity contribution in [2.24, 2.45) is 0 Å². The monoisotopic (exact) mass is 325 g/mol. The molecule has 2 rings (SSSR count). The number of benzene rings is 2. The molecule has 0 bridgehead atoms. The molecule has 0 saturated heterocycles. The topological polar surface area (TPSA) is 38.3 Å². The van der Waals surface area contributed by atoms with E-state index in [0.29, 0.717) is 5.92 Å². The number of carbonyl (C=O) groups excluding carboxylic acids is 1. The minimum atomic E-state index is -0.133. The van der Waals surface area contributed by atoms with Crippen molar-refractivity contribution >= 4 is 11.6 Å². The van der Waals surface area contributed by atoms with Gasteiger partial charge in [-0.3, -0.25) is 4.79 Å². The molecule has 0 aliphatic carbocycles. The van der Waals surface area contributed by atoms with Crippen LogP contribution in [0.25, 0.3) is 0 Å². The van der Waals surface area contributed by atoms with Crippen LogP contribution >= 0.6 is 0 Å². The second-order valence-electron chi connectivity index (χ2n) is 6.68. The van der Waals surface area contributed by atoms with Crippen LogP contribution in [0.1, 0.15) is 47.6 Å². The molecule has 0 aromatic heterocycles. The average Bonchev–Trinajstić information content (AvgIpc) is 2.52. The molecule has 0 unspecified atom stereocenters. The third kappa shape index (κ3) is 3.97. The lowest BCUT2D eigenvalue weighted by molar-refractivity contribution is -0.118. The molecule has 3 nitrogen and oxygen atoms in total. The van der Waals surface area contributed by atoms with Crippen LogP contribution in [0.4, 0.5) is 5.69 Å². The van der Waals surface area contributed by atoms with Gasteiger partial charge >= 0.3 is 0 Å². The molecule has 24 heavy (non-hydrogen) atoms. The van der Waals surface area contributed by atoms with E-state index >= 15 is 0 Å². The summed E-state index contributed by atoms with van der Waals surface area (Å²) in [6.45, 7) is 12.3. The zero-order chi connectivity index (χ0) is 17.9. The zero-order valence-corrected chi connectivity index (χ0v) is 15.5. The molecule has 2 aromatic rings. The molecule has 0 saturated carbocycles. The summed E-state index contributed by atoms with van der Waals surface area (Å²) in [6, 6.07) is 10.2. The number of rotatable bonds is 5. The summed E-state index contributed by atoms with van der Waals surface area (Å²) in [4.78, 5) is 12.4. The first-order chi connectivity index (χ1) is 11.3. The van der Waals surface area contributed by atoms with Gasteiger partial charge in [0.2, 0.25) is 0 Å². The van der Waals surface area contributed by atoms with Gasteiger partial charge in [-0.25, -0.2) is 0 Å². The number of aryl methyl sites for hydroxylation is 3. The predicted octanol–water partition coefficient (Wildman–Crippen LogP) is 5.06. The second-order valence-corrected chi connectivity index (χ2v) is 6.68. The number of amides is 1. The van der Waals surface area contributed by atoms with Crippen molar-refractivity contribution in [1.29, 1.82) is 0 Å². The highest BCUT2D eigenvalue weighted by Crippen LogP contribution is 2.28. The van der Waals surface area contributed by atoms with Crippen LogP contribution < -0.4 is 10.1 Å². The van der Waals surface area contributed by atoms with Gasteiger partial charge in [-0.05, 0) is 61.4 Å². The predicted molar refractivity (Wildman–Crippen MR) is 100 cm³/mol. The van der Waals surface area contributed by atoms with Crippen molar-refractivity contribution in [3.63, 3.8) is 0 Å². The SMILES string of the molecule is Cc1ccc(C)c(OCC(=O)Nc2c(C)cccc2C(C)C)c1C. The van der Waals surface area contributed by atoms with Crippen molar-refractivity contribution < 1.29 is 9.53 Å². The van der Waals surface area contributed by atoms with Crippen LogP contribution in [-0.4, -0.2) is 12.5 Å². The molecule has 1 N–H and O–H groups in total. The van der Waals surface area contributed by atoms with Crippen LogP contribution in [0.5, 0.6) is 5.75 Å². The molecule has 0 atom stereocenters. The molecule has 0 heterocycles. The van der Waals surface area contributed by atoms with Crippen molar-refractivity contribution in [2.75, 3.05) is 11.9 Å². The number of hydrogen-bond donors (Lipinski definition) is 1. The molecule has 0 spiro atoms. The minimum absolute atomic E-state index is 0.0109. The van der Waals surface area contributed by atoms with E-state index < -0.39 is 0 Å². The van der Waals surface area contributed by atoms with Gasteiger partial charge in [0.15, 0.2) is 6.61 Å². The fourth-order valence-electron chi connectivity index (χ4n) is 2.80. The maximum absolute atomic E-state index is 12.4. The lowest BCUT2D eigenvalue weighted by Crippen LogP contribution is -2.22. The molecular formula is C21H27NO2.